The fourth-order valence-electron chi connectivity index (χ4n) is 1.03. The van der Waals surface area contributed by atoms with E-state index >= 15 is 0 Å². The van der Waals surface area contributed by atoms with Gasteiger partial charge in [-0.05, 0) is 18.4 Å². The number of benzene rings is 1. The number of unbranched alkanes of at least 4 members (excludes halogenated alkanes) is 1. The van der Waals surface area contributed by atoms with Gasteiger partial charge in [-0.1, -0.05) is 43.7 Å². The monoisotopic (exact) mass is 161 g/mol. The zero-order valence-corrected chi connectivity index (χ0v) is 7.53. The molecule has 0 heterocycles. The Morgan fingerprint density at radius 3 is 2.25 bits per heavy atom. The highest BCUT2D eigenvalue weighted by Crippen LogP contribution is 2.03. The minimum absolute atomic E-state index is 1.23. The van der Waals surface area contributed by atoms with Gasteiger partial charge in [0, 0.05) is 6.57 Å². The van der Waals surface area contributed by atoms with Gasteiger partial charge in [-0.15, -0.1) is 0 Å². The second-order valence-corrected chi connectivity index (χ2v) is 2.59. The minimum atomic E-state index is 1.23. The average molecular weight is 161 g/mol. The van der Waals surface area contributed by atoms with Gasteiger partial charge < -0.3 is 0 Å². The molecule has 1 aromatic carbocycles. The number of nitriles is 1. The zero-order valence-electron chi connectivity index (χ0n) is 7.53. The molecule has 0 aliphatic heterocycles. The lowest BCUT2D eigenvalue weighted by atomic mass is 10.1. The van der Waals surface area contributed by atoms with Gasteiger partial charge in [0.15, 0.2) is 0 Å². The van der Waals surface area contributed by atoms with Crippen LogP contribution in [0.1, 0.15) is 25.3 Å². The van der Waals surface area contributed by atoms with Gasteiger partial charge in [-0.25, -0.2) is 5.26 Å². The van der Waals surface area contributed by atoms with E-state index < -0.39 is 0 Å². The Kier molecular flexibility index (Phi) is 6.97. The molecule has 0 radical (unpaired) electrons. The van der Waals surface area contributed by atoms with Crippen LogP contribution in [-0.4, -0.2) is 0 Å². The van der Waals surface area contributed by atoms with Crippen molar-refractivity contribution >= 4 is 0 Å². The van der Waals surface area contributed by atoms with E-state index in [4.69, 9.17) is 5.26 Å². The Balaban J connectivity index is 0.000000561. The standard InChI is InChI=1S/C10H14.CHN/c1-2-3-7-10-8-5-4-6-9-10;1-2/h4-6,8-9H,2-3,7H2,1H3;1H. The van der Waals surface area contributed by atoms with Gasteiger partial charge in [0.25, 0.3) is 0 Å². The molecule has 0 N–H and O–H groups in total. The largest absolute Gasteiger partial charge is 0.202 e. The smallest absolute Gasteiger partial charge is 0.0462 e. The van der Waals surface area contributed by atoms with Crippen molar-refractivity contribution in [3.63, 3.8) is 0 Å². The van der Waals surface area contributed by atoms with Gasteiger partial charge in [0.05, 0.1) is 0 Å². The number of hydrogen-bond acceptors (Lipinski definition) is 1. The first-order chi connectivity index (χ1) is 5.93. The quantitative estimate of drug-likeness (QED) is 0.668. The Morgan fingerprint density at radius 2 is 1.75 bits per heavy atom. The molecular formula is C11H15N. The first-order valence-corrected chi connectivity index (χ1v) is 4.23. The van der Waals surface area contributed by atoms with Crippen LogP contribution in [-0.2, 0) is 6.42 Å². The molecule has 1 rings (SSSR count). The molecule has 12 heavy (non-hydrogen) atoms. The highest BCUT2D eigenvalue weighted by atomic mass is 14.2. The normalized spacial score (nSPS) is 8.25. The Morgan fingerprint density at radius 1 is 1.17 bits per heavy atom. The molecule has 0 saturated heterocycles. The number of rotatable bonds is 3. The van der Waals surface area contributed by atoms with E-state index in [-0.39, 0.29) is 0 Å². The molecule has 0 bridgehead atoms. The second-order valence-electron chi connectivity index (χ2n) is 2.59. The molecule has 0 atom stereocenters. The Labute approximate surface area is 74.7 Å². The van der Waals surface area contributed by atoms with E-state index in [1.54, 1.807) is 0 Å². The lowest BCUT2D eigenvalue weighted by Crippen LogP contribution is -1.81. The third-order valence-electron chi connectivity index (χ3n) is 1.66. The molecule has 1 nitrogen and oxygen atoms in total. The molecule has 1 heteroatoms. The molecule has 64 valence electrons. The topological polar surface area (TPSA) is 23.8 Å². The fraction of sp³-hybridized carbons (Fsp3) is 0.364. The predicted octanol–water partition coefficient (Wildman–Crippen LogP) is 3.17. The molecule has 0 aromatic heterocycles. The van der Waals surface area contributed by atoms with Crippen molar-refractivity contribution in [1.29, 1.82) is 5.26 Å². The molecule has 0 fully saturated rings. The van der Waals surface area contributed by atoms with Crippen molar-refractivity contribution in [3.8, 4) is 6.57 Å². The van der Waals surface area contributed by atoms with Crippen LogP contribution in [0, 0.1) is 11.8 Å². The van der Waals surface area contributed by atoms with Gasteiger partial charge in [-0.3, -0.25) is 0 Å². The van der Waals surface area contributed by atoms with Gasteiger partial charge >= 0.3 is 0 Å². The van der Waals surface area contributed by atoms with Crippen LogP contribution in [0.15, 0.2) is 30.3 Å². The third kappa shape index (κ3) is 4.51. The number of aryl methyl sites for hydroxylation is 1. The summed E-state index contributed by atoms with van der Waals surface area (Å²) in [6.07, 6.45) is 3.83. The van der Waals surface area contributed by atoms with Crippen molar-refractivity contribution in [2.24, 2.45) is 0 Å². The molecular weight excluding hydrogens is 146 g/mol. The van der Waals surface area contributed by atoms with Crippen LogP contribution in [0.25, 0.3) is 0 Å². The first kappa shape index (κ1) is 10.7. The molecule has 0 aliphatic carbocycles. The van der Waals surface area contributed by atoms with Crippen LogP contribution in [0.4, 0.5) is 0 Å². The summed E-state index contributed by atoms with van der Waals surface area (Å²) in [6, 6.07) is 10.6. The van der Waals surface area contributed by atoms with E-state index in [1.165, 1.54) is 24.8 Å². The maximum absolute atomic E-state index is 6.50. The maximum Gasteiger partial charge on any atom is 0.0462 e. The first-order valence-electron chi connectivity index (χ1n) is 4.23. The summed E-state index contributed by atoms with van der Waals surface area (Å²) >= 11 is 0. The van der Waals surface area contributed by atoms with E-state index in [9.17, 15) is 0 Å². The molecule has 0 unspecified atom stereocenters. The fourth-order valence-corrected chi connectivity index (χ4v) is 1.03. The summed E-state index contributed by atoms with van der Waals surface area (Å²) < 4.78 is 0. The molecule has 0 spiro atoms. The van der Waals surface area contributed by atoms with Crippen LogP contribution in [0.3, 0.4) is 0 Å². The van der Waals surface area contributed by atoms with E-state index in [0.717, 1.165) is 0 Å². The van der Waals surface area contributed by atoms with E-state index in [0.29, 0.717) is 0 Å². The Hall–Kier alpha value is -1.29. The predicted molar refractivity (Wildman–Crippen MR) is 51.7 cm³/mol. The summed E-state index contributed by atoms with van der Waals surface area (Å²) in [5, 5.41) is 6.50. The summed E-state index contributed by atoms with van der Waals surface area (Å²) in [6.45, 7) is 5.73. The zero-order chi connectivity index (χ0) is 9.23. The SMILES string of the molecule is C#N.CCCCc1ccccc1. The lowest BCUT2D eigenvalue weighted by molar-refractivity contribution is 0.795. The van der Waals surface area contributed by atoms with Gasteiger partial charge in [0.2, 0.25) is 0 Å². The van der Waals surface area contributed by atoms with Crippen LogP contribution < -0.4 is 0 Å². The second kappa shape index (κ2) is 7.81. The number of hydrogen-bond donors (Lipinski definition) is 0. The number of nitrogens with zero attached hydrogens (tertiary/aromatic N) is 1. The van der Waals surface area contributed by atoms with Crippen molar-refractivity contribution in [1.82, 2.24) is 0 Å². The van der Waals surface area contributed by atoms with Crippen LogP contribution in [0.5, 0.6) is 0 Å². The summed E-state index contributed by atoms with van der Waals surface area (Å²) in [5.41, 5.74) is 1.46. The average Bonchev–Trinajstić information content (AvgIpc) is 2.19. The van der Waals surface area contributed by atoms with E-state index in [1.807, 2.05) is 0 Å². The van der Waals surface area contributed by atoms with Gasteiger partial charge in [-0.2, -0.15) is 0 Å². The van der Waals surface area contributed by atoms with Crippen molar-refractivity contribution in [2.75, 3.05) is 0 Å². The van der Waals surface area contributed by atoms with Crippen molar-refractivity contribution in [3.05, 3.63) is 35.9 Å². The van der Waals surface area contributed by atoms with Crippen molar-refractivity contribution < 1.29 is 0 Å². The minimum Gasteiger partial charge on any atom is -0.202 e. The van der Waals surface area contributed by atoms with Crippen LogP contribution >= 0.6 is 0 Å². The lowest BCUT2D eigenvalue weighted by Gasteiger charge is -1.96. The highest BCUT2D eigenvalue weighted by molar-refractivity contribution is 5.14. The molecule has 0 saturated carbocycles. The Bertz CT molecular complexity index is 201. The summed E-state index contributed by atoms with van der Waals surface area (Å²) in [4.78, 5) is 0. The van der Waals surface area contributed by atoms with Crippen molar-refractivity contribution in [2.45, 2.75) is 26.2 Å². The summed E-state index contributed by atoms with van der Waals surface area (Å²) in [5.74, 6) is 0. The third-order valence-corrected chi connectivity index (χ3v) is 1.66. The van der Waals surface area contributed by atoms with E-state index in [2.05, 4.69) is 43.8 Å². The highest BCUT2D eigenvalue weighted by Gasteiger charge is 1.87. The molecule has 0 amide bonds. The van der Waals surface area contributed by atoms with Crippen LogP contribution in [0.2, 0.25) is 0 Å². The molecule has 0 aliphatic rings. The van der Waals surface area contributed by atoms with Gasteiger partial charge in [0.1, 0.15) is 0 Å². The molecule has 1 aromatic rings. The summed E-state index contributed by atoms with van der Waals surface area (Å²) in [7, 11) is 0. The maximum atomic E-state index is 6.50.